The van der Waals surface area contributed by atoms with Crippen molar-refractivity contribution in [3.63, 3.8) is 0 Å². The maximum atomic E-state index is 12.5. The number of likely N-dealkylation sites (tertiary alicyclic amines) is 2. The average Bonchev–Trinajstić information content (AvgIpc) is 3.19. The van der Waals surface area contributed by atoms with Crippen LogP contribution in [-0.2, 0) is 27.4 Å². The van der Waals surface area contributed by atoms with Gasteiger partial charge in [-0.2, -0.15) is 4.98 Å². The second-order valence-corrected chi connectivity index (χ2v) is 8.49. The first-order valence-corrected chi connectivity index (χ1v) is 11.1. The van der Waals surface area contributed by atoms with E-state index in [-0.39, 0.29) is 17.7 Å². The van der Waals surface area contributed by atoms with Gasteiger partial charge in [0.05, 0.1) is 19.1 Å². The van der Waals surface area contributed by atoms with Crippen LogP contribution in [0.4, 0.5) is 0 Å². The quantitative estimate of drug-likeness (QED) is 0.603. The second-order valence-electron chi connectivity index (χ2n) is 8.49. The number of hydrogen-bond acceptors (Lipinski definition) is 6. The Labute approximate surface area is 182 Å². The highest BCUT2D eigenvalue weighted by molar-refractivity contribution is 5.77. The third-order valence-corrected chi connectivity index (χ3v) is 6.17. The smallest absolute Gasteiger partial charge is 0.233 e. The SMILES string of the molecule is CC(=O)N1CCC(CC(=O)N2CC(c3nc(CCOCc4ccccc4)no3)C2)CC1. The predicted octanol–water partition coefficient (Wildman–Crippen LogP) is 2.40. The molecule has 0 unspecified atom stereocenters. The number of carbonyl (C=O) groups excluding carboxylic acids is 2. The maximum Gasteiger partial charge on any atom is 0.233 e. The molecule has 2 amide bonds. The zero-order valence-electron chi connectivity index (χ0n) is 18.0. The molecule has 8 nitrogen and oxygen atoms in total. The number of aromatic nitrogens is 2. The van der Waals surface area contributed by atoms with E-state index in [0.29, 0.717) is 56.8 Å². The number of rotatable bonds is 8. The van der Waals surface area contributed by atoms with Gasteiger partial charge in [-0.3, -0.25) is 9.59 Å². The van der Waals surface area contributed by atoms with Crippen LogP contribution in [0.3, 0.4) is 0 Å². The van der Waals surface area contributed by atoms with Crippen LogP contribution in [0.15, 0.2) is 34.9 Å². The van der Waals surface area contributed by atoms with Crippen LogP contribution in [-0.4, -0.2) is 64.5 Å². The lowest BCUT2D eigenvalue weighted by Gasteiger charge is -2.39. The van der Waals surface area contributed by atoms with Crippen molar-refractivity contribution in [1.29, 1.82) is 0 Å². The Bertz CT molecular complexity index is 871. The molecule has 2 saturated heterocycles. The van der Waals surface area contributed by atoms with Gasteiger partial charge >= 0.3 is 0 Å². The lowest BCUT2D eigenvalue weighted by atomic mass is 9.91. The summed E-state index contributed by atoms with van der Waals surface area (Å²) in [5.41, 5.74) is 1.14. The molecule has 166 valence electrons. The van der Waals surface area contributed by atoms with Crippen molar-refractivity contribution < 1.29 is 18.8 Å². The van der Waals surface area contributed by atoms with Gasteiger partial charge in [0.1, 0.15) is 0 Å². The summed E-state index contributed by atoms with van der Waals surface area (Å²) in [6, 6.07) is 10.0. The summed E-state index contributed by atoms with van der Waals surface area (Å²) in [6.45, 7) is 5.50. The molecule has 2 aliphatic rings. The first-order valence-electron chi connectivity index (χ1n) is 11.1. The van der Waals surface area contributed by atoms with E-state index < -0.39 is 0 Å². The molecule has 2 aromatic rings. The van der Waals surface area contributed by atoms with Gasteiger partial charge in [0, 0.05) is 45.9 Å². The normalized spacial score (nSPS) is 17.6. The van der Waals surface area contributed by atoms with E-state index in [2.05, 4.69) is 10.1 Å². The lowest BCUT2D eigenvalue weighted by Crippen LogP contribution is -2.49. The fraction of sp³-hybridized carbons (Fsp3) is 0.565. The Morgan fingerprint density at radius 3 is 2.58 bits per heavy atom. The first-order chi connectivity index (χ1) is 15.1. The van der Waals surface area contributed by atoms with Gasteiger partial charge in [0.15, 0.2) is 5.82 Å². The molecule has 0 N–H and O–H groups in total. The zero-order chi connectivity index (χ0) is 21.6. The minimum Gasteiger partial charge on any atom is -0.376 e. The summed E-state index contributed by atoms with van der Waals surface area (Å²) in [5.74, 6) is 2.05. The molecule has 3 heterocycles. The van der Waals surface area contributed by atoms with Gasteiger partial charge < -0.3 is 19.1 Å². The molecule has 2 aliphatic heterocycles. The number of ether oxygens (including phenoxy) is 1. The number of piperidine rings is 1. The molecule has 0 bridgehead atoms. The summed E-state index contributed by atoms with van der Waals surface area (Å²) in [7, 11) is 0. The van der Waals surface area contributed by atoms with Gasteiger partial charge in [-0.15, -0.1) is 0 Å². The predicted molar refractivity (Wildman–Crippen MR) is 113 cm³/mol. The lowest BCUT2D eigenvalue weighted by molar-refractivity contribution is -0.137. The molecule has 2 fully saturated rings. The molecular formula is C23H30N4O4. The minimum absolute atomic E-state index is 0.120. The fourth-order valence-electron chi connectivity index (χ4n) is 4.13. The maximum absolute atomic E-state index is 12.5. The van der Waals surface area contributed by atoms with Crippen molar-refractivity contribution in [2.45, 2.75) is 45.1 Å². The molecular weight excluding hydrogens is 396 g/mol. The van der Waals surface area contributed by atoms with Crippen molar-refractivity contribution in [1.82, 2.24) is 19.9 Å². The molecule has 1 aromatic carbocycles. The van der Waals surface area contributed by atoms with Crippen LogP contribution >= 0.6 is 0 Å². The molecule has 8 heteroatoms. The topological polar surface area (TPSA) is 88.8 Å². The van der Waals surface area contributed by atoms with Gasteiger partial charge in [-0.1, -0.05) is 35.5 Å². The molecule has 31 heavy (non-hydrogen) atoms. The van der Waals surface area contributed by atoms with Gasteiger partial charge in [0.25, 0.3) is 0 Å². The van der Waals surface area contributed by atoms with E-state index in [4.69, 9.17) is 9.26 Å². The van der Waals surface area contributed by atoms with E-state index in [9.17, 15) is 9.59 Å². The highest BCUT2D eigenvalue weighted by Gasteiger charge is 2.36. The summed E-state index contributed by atoms with van der Waals surface area (Å²) < 4.78 is 11.1. The Balaban J connectivity index is 1.14. The van der Waals surface area contributed by atoms with Crippen LogP contribution in [0.5, 0.6) is 0 Å². The van der Waals surface area contributed by atoms with E-state index in [1.165, 1.54) is 0 Å². The largest absolute Gasteiger partial charge is 0.376 e. The Morgan fingerprint density at radius 1 is 1.13 bits per heavy atom. The summed E-state index contributed by atoms with van der Waals surface area (Å²) in [4.78, 5) is 32.2. The minimum atomic E-state index is 0.120. The van der Waals surface area contributed by atoms with Gasteiger partial charge in [0.2, 0.25) is 17.7 Å². The molecule has 0 radical (unpaired) electrons. The van der Waals surface area contributed by atoms with Gasteiger partial charge in [-0.05, 0) is 24.3 Å². The Morgan fingerprint density at radius 2 is 1.87 bits per heavy atom. The number of nitrogens with zero attached hydrogens (tertiary/aromatic N) is 4. The van der Waals surface area contributed by atoms with Crippen molar-refractivity contribution in [3.05, 3.63) is 47.6 Å². The monoisotopic (exact) mass is 426 g/mol. The third kappa shape index (κ3) is 5.70. The van der Waals surface area contributed by atoms with E-state index >= 15 is 0 Å². The molecule has 1 aromatic heterocycles. The standard InChI is InChI=1S/C23H30N4O4/c1-17(28)26-10-7-18(8-11-26)13-22(29)27-14-20(15-27)23-24-21(25-31-23)9-12-30-16-19-5-3-2-4-6-19/h2-6,18,20H,7-16H2,1H3. The van der Waals surface area contributed by atoms with Crippen LogP contribution in [0.2, 0.25) is 0 Å². The summed E-state index contributed by atoms with van der Waals surface area (Å²) in [6.07, 6.45) is 2.97. The number of benzene rings is 1. The van der Waals surface area contributed by atoms with Crippen LogP contribution in [0.25, 0.3) is 0 Å². The molecule has 0 aliphatic carbocycles. The van der Waals surface area contributed by atoms with E-state index in [1.54, 1.807) is 6.92 Å². The summed E-state index contributed by atoms with van der Waals surface area (Å²) >= 11 is 0. The van der Waals surface area contributed by atoms with Crippen molar-refractivity contribution in [2.75, 3.05) is 32.8 Å². The molecule has 0 spiro atoms. The van der Waals surface area contributed by atoms with E-state index in [0.717, 1.165) is 31.5 Å². The second kappa shape index (κ2) is 10.0. The summed E-state index contributed by atoms with van der Waals surface area (Å²) in [5, 5.41) is 4.05. The van der Waals surface area contributed by atoms with E-state index in [1.807, 2.05) is 40.1 Å². The molecule has 0 saturated carbocycles. The molecule has 0 atom stereocenters. The van der Waals surface area contributed by atoms with Gasteiger partial charge in [-0.25, -0.2) is 0 Å². The number of carbonyl (C=O) groups is 2. The van der Waals surface area contributed by atoms with Crippen molar-refractivity contribution in [3.8, 4) is 0 Å². The number of hydrogen-bond donors (Lipinski definition) is 0. The fourth-order valence-corrected chi connectivity index (χ4v) is 4.13. The highest BCUT2D eigenvalue weighted by Crippen LogP contribution is 2.29. The third-order valence-electron chi connectivity index (χ3n) is 6.17. The van der Waals surface area contributed by atoms with Crippen LogP contribution < -0.4 is 0 Å². The Kier molecular flexibility index (Phi) is 6.96. The number of amides is 2. The van der Waals surface area contributed by atoms with Crippen LogP contribution in [0, 0.1) is 5.92 Å². The average molecular weight is 427 g/mol. The zero-order valence-corrected chi connectivity index (χ0v) is 18.0. The first kappa shape index (κ1) is 21.5. The van der Waals surface area contributed by atoms with Crippen LogP contribution in [0.1, 0.15) is 49.4 Å². The van der Waals surface area contributed by atoms with Crippen molar-refractivity contribution >= 4 is 11.8 Å². The Hall–Kier alpha value is -2.74. The highest BCUT2D eigenvalue weighted by atomic mass is 16.5. The molecule has 4 rings (SSSR count). The van der Waals surface area contributed by atoms with Crippen molar-refractivity contribution in [2.24, 2.45) is 5.92 Å².